The first kappa shape index (κ1) is 19.5. The van der Waals surface area contributed by atoms with Crippen molar-refractivity contribution >= 4 is 25.8 Å². The Kier molecular flexibility index (Phi) is 5.91. The number of amides is 1. The van der Waals surface area contributed by atoms with Crippen molar-refractivity contribution in [3.05, 3.63) is 18.2 Å². The fraction of sp³-hybridized carbons (Fsp3) is 0.500. The van der Waals surface area contributed by atoms with Crippen molar-refractivity contribution in [2.45, 2.75) is 17.4 Å². The second kappa shape index (κ2) is 7.58. The van der Waals surface area contributed by atoms with Crippen LogP contribution >= 0.6 is 0 Å². The Bertz CT molecular complexity index is 850. The van der Waals surface area contributed by atoms with E-state index in [1.54, 1.807) is 0 Å². The molecule has 1 saturated heterocycles. The highest BCUT2D eigenvalue weighted by molar-refractivity contribution is 7.91. The predicted octanol–water partition coefficient (Wildman–Crippen LogP) is -0.715. The molecule has 140 valence electrons. The van der Waals surface area contributed by atoms with E-state index in [-0.39, 0.29) is 22.2 Å². The maximum Gasteiger partial charge on any atom is 0.241 e. The largest absolute Gasteiger partial charge is 0.493 e. The van der Waals surface area contributed by atoms with Crippen LogP contribution in [0.2, 0.25) is 0 Å². The number of hydrogen-bond donors (Lipinski definition) is 2. The number of rotatable bonds is 7. The minimum atomic E-state index is -3.93. The number of hydrogen-bond acceptors (Lipinski definition) is 7. The number of carbonyl (C=O) groups is 1. The van der Waals surface area contributed by atoms with E-state index in [1.807, 2.05) is 0 Å². The first-order chi connectivity index (χ1) is 11.7. The first-order valence-electron chi connectivity index (χ1n) is 7.38. The van der Waals surface area contributed by atoms with Gasteiger partial charge in [-0.25, -0.2) is 21.6 Å². The maximum absolute atomic E-state index is 12.3. The molecule has 1 unspecified atom stereocenters. The minimum Gasteiger partial charge on any atom is -0.493 e. The Morgan fingerprint density at radius 3 is 2.48 bits per heavy atom. The number of nitrogens with one attached hydrogen (secondary N) is 2. The third-order valence-corrected chi connectivity index (χ3v) is 6.85. The molecule has 1 aliphatic rings. The lowest BCUT2D eigenvalue weighted by Crippen LogP contribution is -2.42. The van der Waals surface area contributed by atoms with Gasteiger partial charge in [0.1, 0.15) is 0 Å². The van der Waals surface area contributed by atoms with Crippen LogP contribution in [0.15, 0.2) is 23.1 Å². The number of benzene rings is 1. The van der Waals surface area contributed by atoms with E-state index in [2.05, 4.69) is 10.0 Å². The number of methoxy groups -OCH3 is 2. The van der Waals surface area contributed by atoms with Crippen LogP contribution in [0.4, 0.5) is 0 Å². The van der Waals surface area contributed by atoms with E-state index in [0.29, 0.717) is 12.2 Å². The number of carbonyl (C=O) groups excluding carboxylic acids is 1. The Labute approximate surface area is 146 Å². The van der Waals surface area contributed by atoms with E-state index in [4.69, 9.17) is 9.47 Å². The Morgan fingerprint density at radius 1 is 1.24 bits per heavy atom. The average molecular weight is 392 g/mol. The van der Waals surface area contributed by atoms with Crippen LogP contribution in [0.1, 0.15) is 6.42 Å². The van der Waals surface area contributed by atoms with Gasteiger partial charge in [0.05, 0.1) is 37.2 Å². The molecule has 2 rings (SSSR count). The van der Waals surface area contributed by atoms with Crippen molar-refractivity contribution in [1.29, 1.82) is 0 Å². The summed E-state index contributed by atoms with van der Waals surface area (Å²) in [5.41, 5.74) is 0. The number of sulfone groups is 1. The molecule has 0 bridgehead atoms. The SMILES string of the molecule is COc1ccc(S(=O)(=O)NCC(=O)NC2CCS(=O)(=O)C2)cc1OC. The lowest BCUT2D eigenvalue weighted by atomic mass is 10.2. The van der Waals surface area contributed by atoms with Gasteiger partial charge in [-0.05, 0) is 18.6 Å². The molecule has 1 amide bonds. The second-order valence-corrected chi connectivity index (χ2v) is 9.50. The topological polar surface area (TPSA) is 128 Å². The number of sulfonamides is 1. The van der Waals surface area contributed by atoms with Crippen LogP contribution in [0.3, 0.4) is 0 Å². The third kappa shape index (κ3) is 5.06. The van der Waals surface area contributed by atoms with Gasteiger partial charge in [0.25, 0.3) is 0 Å². The molecular formula is C14H20N2O7S2. The van der Waals surface area contributed by atoms with Crippen molar-refractivity contribution in [2.75, 3.05) is 32.3 Å². The smallest absolute Gasteiger partial charge is 0.241 e. The Balaban J connectivity index is 1.98. The molecule has 9 nitrogen and oxygen atoms in total. The summed E-state index contributed by atoms with van der Waals surface area (Å²) in [4.78, 5) is 11.8. The minimum absolute atomic E-state index is 0.0231. The van der Waals surface area contributed by atoms with E-state index in [0.717, 1.165) is 0 Å². The number of ether oxygens (including phenoxy) is 2. The van der Waals surface area contributed by atoms with E-state index < -0.39 is 38.4 Å². The van der Waals surface area contributed by atoms with Crippen LogP contribution in [-0.2, 0) is 24.7 Å². The van der Waals surface area contributed by atoms with Gasteiger partial charge in [0.2, 0.25) is 15.9 Å². The molecule has 25 heavy (non-hydrogen) atoms. The van der Waals surface area contributed by atoms with Gasteiger partial charge in [0, 0.05) is 12.1 Å². The van der Waals surface area contributed by atoms with Gasteiger partial charge in [-0.2, -0.15) is 0 Å². The lowest BCUT2D eigenvalue weighted by molar-refractivity contribution is -0.120. The summed E-state index contributed by atoms with van der Waals surface area (Å²) in [5, 5.41) is 2.51. The van der Waals surface area contributed by atoms with Gasteiger partial charge < -0.3 is 14.8 Å². The molecule has 1 aliphatic heterocycles. The van der Waals surface area contributed by atoms with Crippen molar-refractivity contribution < 1.29 is 31.1 Å². The predicted molar refractivity (Wildman–Crippen MR) is 89.9 cm³/mol. The van der Waals surface area contributed by atoms with Gasteiger partial charge in [-0.3, -0.25) is 4.79 Å². The zero-order chi connectivity index (χ0) is 18.7. The summed E-state index contributed by atoms with van der Waals surface area (Å²) in [6.45, 7) is -0.493. The van der Waals surface area contributed by atoms with Gasteiger partial charge >= 0.3 is 0 Å². The van der Waals surface area contributed by atoms with Crippen LogP contribution < -0.4 is 19.5 Å². The third-order valence-electron chi connectivity index (χ3n) is 3.69. The normalized spacial score (nSPS) is 19.4. The van der Waals surface area contributed by atoms with Crippen LogP contribution in [0.25, 0.3) is 0 Å². The average Bonchev–Trinajstić information content (AvgIpc) is 2.90. The molecule has 1 aromatic rings. The lowest BCUT2D eigenvalue weighted by Gasteiger charge is -2.13. The zero-order valence-electron chi connectivity index (χ0n) is 13.8. The fourth-order valence-electron chi connectivity index (χ4n) is 2.42. The Hall–Kier alpha value is -1.85. The summed E-state index contributed by atoms with van der Waals surface area (Å²) < 4.78 is 59.5. The van der Waals surface area contributed by atoms with Crippen LogP contribution in [0.5, 0.6) is 11.5 Å². The summed E-state index contributed by atoms with van der Waals surface area (Å²) in [5.74, 6) is -0.0741. The molecule has 0 aromatic heterocycles. The highest BCUT2D eigenvalue weighted by atomic mass is 32.2. The van der Waals surface area contributed by atoms with Crippen molar-refractivity contribution in [3.63, 3.8) is 0 Å². The van der Waals surface area contributed by atoms with Crippen molar-refractivity contribution in [3.8, 4) is 11.5 Å². The molecule has 0 aliphatic carbocycles. The second-order valence-electron chi connectivity index (χ2n) is 5.51. The Morgan fingerprint density at radius 2 is 1.92 bits per heavy atom. The van der Waals surface area contributed by atoms with Crippen LogP contribution in [-0.4, -0.2) is 61.1 Å². The summed E-state index contributed by atoms with van der Waals surface area (Å²) in [7, 11) is -4.25. The first-order valence-corrected chi connectivity index (χ1v) is 10.7. The van der Waals surface area contributed by atoms with E-state index >= 15 is 0 Å². The van der Waals surface area contributed by atoms with E-state index in [9.17, 15) is 21.6 Å². The van der Waals surface area contributed by atoms with Gasteiger partial charge in [-0.1, -0.05) is 0 Å². The molecule has 11 heteroatoms. The van der Waals surface area contributed by atoms with Crippen LogP contribution in [0, 0.1) is 0 Å². The molecule has 0 radical (unpaired) electrons. The van der Waals surface area contributed by atoms with Gasteiger partial charge in [0.15, 0.2) is 21.3 Å². The van der Waals surface area contributed by atoms with Gasteiger partial charge in [-0.15, -0.1) is 0 Å². The van der Waals surface area contributed by atoms with Crippen molar-refractivity contribution in [2.24, 2.45) is 0 Å². The van der Waals surface area contributed by atoms with E-state index in [1.165, 1.54) is 32.4 Å². The molecule has 2 N–H and O–H groups in total. The fourth-order valence-corrected chi connectivity index (χ4v) is 5.09. The van der Waals surface area contributed by atoms with Crippen molar-refractivity contribution in [1.82, 2.24) is 10.0 Å². The molecule has 0 saturated carbocycles. The highest BCUT2D eigenvalue weighted by Gasteiger charge is 2.29. The highest BCUT2D eigenvalue weighted by Crippen LogP contribution is 2.29. The summed E-state index contributed by atoms with van der Waals surface area (Å²) in [6.07, 6.45) is 0.330. The zero-order valence-corrected chi connectivity index (χ0v) is 15.4. The summed E-state index contributed by atoms with van der Waals surface area (Å²) in [6, 6.07) is 3.56. The molecule has 1 heterocycles. The standard InChI is InChI=1S/C14H20N2O7S2/c1-22-12-4-3-11(7-13(12)23-2)25(20,21)15-8-14(17)16-10-5-6-24(18,19)9-10/h3-4,7,10,15H,5-6,8-9H2,1-2H3,(H,16,17). The molecule has 1 fully saturated rings. The monoisotopic (exact) mass is 392 g/mol. The molecular weight excluding hydrogens is 372 g/mol. The molecule has 0 spiro atoms. The summed E-state index contributed by atoms with van der Waals surface area (Å²) >= 11 is 0. The molecule has 1 aromatic carbocycles. The quantitative estimate of drug-likeness (QED) is 0.627. The maximum atomic E-state index is 12.3. The molecule has 1 atom stereocenters.